The Kier molecular flexibility index (Phi) is 4.37. The topological polar surface area (TPSA) is 113 Å². The Balaban J connectivity index is 1.86. The lowest BCUT2D eigenvalue weighted by Gasteiger charge is -2.16. The summed E-state index contributed by atoms with van der Waals surface area (Å²) in [5.74, 6) is -0.782. The first-order valence-corrected chi connectivity index (χ1v) is 9.44. The summed E-state index contributed by atoms with van der Waals surface area (Å²) in [5.41, 5.74) is 0.207. The molecule has 0 bridgehead atoms. The van der Waals surface area contributed by atoms with E-state index in [0.717, 1.165) is 0 Å². The number of rotatable bonds is 3. The second-order valence-electron chi connectivity index (χ2n) is 5.96. The van der Waals surface area contributed by atoms with Crippen molar-refractivity contribution in [2.75, 3.05) is 18.8 Å². The van der Waals surface area contributed by atoms with E-state index in [1.807, 2.05) is 0 Å². The summed E-state index contributed by atoms with van der Waals surface area (Å²) in [4.78, 5) is 29.5. The zero-order valence-corrected chi connectivity index (χ0v) is 14.2. The molecule has 1 amide bonds. The normalized spacial score (nSPS) is 18.2. The Morgan fingerprint density at radius 3 is 2.88 bits per heavy atom. The van der Waals surface area contributed by atoms with Gasteiger partial charge in [-0.1, -0.05) is 11.6 Å². The van der Waals surface area contributed by atoms with Gasteiger partial charge < -0.3 is 9.88 Å². The number of carbonyl (C=O) groups excluding carboxylic acids is 1. The number of likely N-dealkylation sites (tertiary alicyclic amines) is 1. The van der Waals surface area contributed by atoms with Gasteiger partial charge in [-0.3, -0.25) is 9.59 Å². The maximum absolute atomic E-state index is 12.6. The van der Waals surface area contributed by atoms with E-state index in [-0.39, 0.29) is 29.2 Å². The minimum absolute atomic E-state index is 0.0288. The Morgan fingerprint density at radius 2 is 2.17 bits per heavy atom. The molecule has 128 valence electrons. The first kappa shape index (κ1) is 16.9. The molecule has 1 aromatic carbocycles. The fourth-order valence-corrected chi connectivity index (χ4v) is 4.11. The van der Waals surface area contributed by atoms with E-state index in [0.29, 0.717) is 28.9 Å². The average molecular weight is 370 g/mol. The summed E-state index contributed by atoms with van der Waals surface area (Å²) >= 11 is 5.89. The molecule has 1 saturated heterocycles. The second-order valence-corrected chi connectivity index (χ2v) is 8.05. The molecule has 7 nitrogen and oxygen atoms in total. The van der Waals surface area contributed by atoms with Crippen molar-refractivity contribution < 1.29 is 13.2 Å². The predicted octanol–water partition coefficient (Wildman–Crippen LogP) is 0.932. The standard InChI is InChI=1S/C15H16ClN3O4S/c16-10-1-2-11-13(5-10)18-6-12(14(11)20)15(21)19-4-3-9(7-19)8-24(17,22)23/h1-2,5-6,9H,3-4,7-8H2,(H,18,20)(H2,17,22,23)/t9-/m0/s1. The number of nitrogens with two attached hydrogens (primary N) is 1. The number of sulfonamides is 1. The number of amides is 1. The molecule has 0 aliphatic carbocycles. The molecule has 0 spiro atoms. The Bertz CT molecular complexity index is 970. The molecule has 0 saturated carbocycles. The third kappa shape index (κ3) is 3.45. The van der Waals surface area contributed by atoms with Crippen LogP contribution in [-0.2, 0) is 10.0 Å². The van der Waals surface area contributed by atoms with Crippen LogP contribution in [0.15, 0.2) is 29.2 Å². The molecule has 2 heterocycles. The van der Waals surface area contributed by atoms with Gasteiger partial charge in [0.25, 0.3) is 5.91 Å². The quantitative estimate of drug-likeness (QED) is 0.837. The molecule has 3 rings (SSSR count). The van der Waals surface area contributed by atoms with Crippen molar-refractivity contribution >= 4 is 38.4 Å². The zero-order chi connectivity index (χ0) is 17.5. The number of primary sulfonamides is 1. The SMILES string of the molecule is NS(=O)(=O)C[C@H]1CCN(C(=O)c2c[nH]c3cc(Cl)ccc3c2=O)C1. The predicted molar refractivity (Wildman–Crippen MR) is 91.6 cm³/mol. The van der Waals surface area contributed by atoms with Crippen LogP contribution in [-0.4, -0.2) is 43.1 Å². The molecule has 1 fully saturated rings. The van der Waals surface area contributed by atoms with E-state index in [1.54, 1.807) is 18.2 Å². The summed E-state index contributed by atoms with van der Waals surface area (Å²) in [6.45, 7) is 0.671. The van der Waals surface area contributed by atoms with Crippen LogP contribution in [0, 0.1) is 5.92 Å². The third-order valence-electron chi connectivity index (χ3n) is 4.11. The minimum Gasteiger partial charge on any atom is -0.360 e. The van der Waals surface area contributed by atoms with Crippen LogP contribution in [0.2, 0.25) is 5.02 Å². The van der Waals surface area contributed by atoms with Crippen molar-refractivity contribution in [3.63, 3.8) is 0 Å². The molecular weight excluding hydrogens is 354 g/mol. The highest BCUT2D eigenvalue weighted by molar-refractivity contribution is 7.89. The van der Waals surface area contributed by atoms with E-state index in [2.05, 4.69) is 4.98 Å². The molecule has 2 aromatic rings. The van der Waals surface area contributed by atoms with Crippen LogP contribution >= 0.6 is 11.6 Å². The van der Waals surface area contributed by atoms with E-state index in [4.69, 9.17) is 16.7 Å². The van der Waals surface area contributed by atoms with Gasteiger partial charge in [-0.15, -0.1) is 0 Å². The molecule has 9 heteroatoms. The number of nitrogens with zero attached hydrogens (tertiary/aromatic N) is 1. The smallest absolute Gasteiger partial charge is 0.259 e. The number of benzene rings is 1. The number of aromatic nitrogens is 1. The van der Waals surface area contributed by atoms with Crippen LogP contribution < -0.4 is 10.6 Å². The summed E-state index contributed by atoms with van der Waals surface area (Å²) in [6, 6.07) is 4.77. The van der Waals surface area contributed by atoms with Gasteiger partial charge >= 0.3 is 0 Å². The molecule has 3 N–H and O–H groups in total. The minimum atomic E-state index is -3.58. The highest BCUT2D eigenvalue weighted by atomic mass is 35.5. The first-order valence-electron chi connectivity index (χ1n) is 7.35. The highest BCUT2D eigenvalue weighted by Gasteiger charge is 2.30. The molecule has 1 aromatic heterocycles. The number of pyridine rings is 1. The molecule has 0 radical (unpaired) electrons. The van der Waals surface area contributed by atoms with Gasteiger partial charge in [0.05, 0.1) is 11.3 Å². The number of hydrogen-bond donors (Lipinski definition) is 2. The van der Waals surface area contributed by atoms with Crippen molar-refractivity contribution in [1.29, 1.82) is 0 Å². The van der Waals surface area contributed by atoms with E-state index in [1.165, 1.54) is 11.1 Å². The Labute approximate surface area is 143 Å². The lowest BCUT2D eigenvalue weighted by atomic mass is 10.1. The van der Waals surface area contributed by atoms with Crippen LogP contribution in [0.5, 0.6) is 0 Å². The lowest BCUT2D eigenvalue weighted by Crippen LogP contribution is -2.33. The highest BCUT2D eigenvalue weighted by Crippen LogP contribution is 2.20. The van der Waals surface area contributed by atoms with Gasteiger partial charge in [0.15, 0.2) is 0 Å². The zero-order valence-electron chi connectivity index (χ0n) is 12.7. The van der Waals surface area contributed by atoms with Gasteiger partial charge in [-0.05, 0) is 30.5 Å². The van der Waals surface area contributed by atoms with Crippen molar-refractivity contribution in [2.24, 2.45) is 11.1 Å². The molecular formula is C15H16ClN3O4S. The fourth-order valence-electron chi connectivity index (χ4n) is 3.01. The average Bonchev–Trinajstić information content (AvgIpc) is 2.93. The van der Waals surface area contributed by atoms with Gasteiger partial charge in [0.2, 0.25) is 15.5 Å². The fraction of sp³-hybridized carbons (Fsp3) is 0.333. The number of nitrogens with one attached hydrogen (secondary N) is 1. The summed E-state index contributed by atoms with van der Waals surface area (Å²) in [7, 11) is -3.58. The first-order chi connectivity index (χ1) is 11.2. The van der Waals surface area contributed by atoms with E-state index >= 15 is 0 Å². The van der Waals surface area contributed by atoms with Crippen LogP contribution in [0.25, 0.3) is 10.9 Å². The third-order valence-corrected chi connectivity index (χ3v) is 5.29. The van der Waals surface area contributed by atoms with E-state index in [9.17, 15) is 18.0 Å². The van der Waals surface area contributed by atoms with Gasteiger partial charge in [0, 0.05) is 29.7 Å². The lowest BCUT2D eigenvalue weighted by molar-refractivity contribution is 0.0786. The van der Waals surface area contributed by atoms with Crippen LogP contribution in [0.4, 0.5) is 0 Å². The maximum Gasteiger partial charge on any atom is 0.259 e. The number of fused-ring (bicyclic) bond motifs is 1. The molecule has 1 aliphatic heterocycles. The van der Waals surface area contributed by atoms with E-state index < -0.39 is 15.9 Å². The number of hydrogen-bond acceptors (Lipinski definition) is 4. The number of carbonyl (C=O) groups is 1. The second kappa shape index (κ2) is 6.19. The molecule has 1 aliphatic rings. The molecule has 0 unspecified atom stereocenters. The van der Waals surface area contributed by atoms with Gasteiger partial charge in [0.1, 0.15) is 5.56 Å². The number of H-pyrrole nitrogens is 1. The van der Waals surface area contributed by atoms with Crippen molar-refractivity contribution in [1.82, 2.24) is 9.88 Å². The molecule has 24 heavy (non-hydrogen) atoms. The Morgan fingerprint density at radius 1 is 1.42 bits per heavy atom. The maximum atomic E-state index is 12.6. The van der Waals surface area contributed by atoms with Crippen molar-refractivity contribution in [3.05, 3.63) is 45.2 Å². The van der Waals surface area contributed by atoms with Crippen molar-refractivity contribution in [3.8, 4) is 0 Å². The van der Waals surface area contributed by atoms with Gasteiger partial charge in [-0.2, -0.15) is 0 Å². The number of aromatic amines is 1. The number of halogens is 1. The summed E-state index contributed by atoms with van der Waals surface area (Å²) in [5, 5.41) is 5.92. The largest absolute Gasteiger partial charge is 0.360 e. The van der Waals surface area contributed by atoms with Crippen molar-refractivity contribution in [2.45, 2.75) is 6.42 Å². The van der Waals surface area contributed by atoms with Gasteiger partial charge in [-0.25, -0.2) is 13.6 Å². The van der Waals surface area contributed by atoms with Crippen LogP contribution in [0.3, 0.4) is 0 Å². The Hall–Kier alpha value is -1.90. The van der Waals surface area contributed by atoms with Crippen LogP contribution in [0.1, 0.15) is 16.8 Å². The molecule has 1 atom stereocenters. The monoisotopic (exact) mass is 369 g/mol. The summed E-state index contributed by atoms with van der Waals surface area (Å²) < 4.78 is 22.3. The summed E-state index contributed by atoms with van der Waals surface area (Å²) in [6.07, 6.45) is 1.92.